The molecule has 2 aromatic carbocycles. The zero-order valence-corrected chi connectivity index (χ0v) is 13.9. The number of nitro benzene ring substituents is 1. The van der Waals surface area contributed by atoms with Gasteiger partial charge in [0.05, 0.1) is 4.92 Å². The van der Waals surface area contributed by atoms with Gasteiger partial charge in [-0.1, -0.05) is 36.4 Å². The molecule has 2 aromatic rings. The molecule has 0 spiro atoms. The molecule has 0 heterocycles. The summed E-state index contributed by atoms with van der Waals surface area (Å²) in [6.07, 6.45) is 6.33. The molecule has 4 nitrogen and oxygen atoms in total. The third-order valence-electron chi connectivity index (χ3n) is 4.84. The van der Waals surface area contributed by atoms with Crippen LogP contribution in [0.1, 0.15) is 36.0 Å². The SMILES string of the molecule is O=[N+]([O-])c1ccc2c(c1)CCC(NCCCc1ccccc1)CC2. The van der Waals surface area contributed by atoms with Crippen LogP contribution in [0.2, 0.25) is 0 Å². The van der Waals surface area contributed by atoms with Gasteiger partial charge in [-0.25, -0.2) is 0 Å². The van der Waals surface area contributed by atoms with Gasteiger partial charge in [0, 0.05) is 18.2 Å². The van der Waals surface area contributed by atoms with Gasteiger partial charge in [0.1, 0.15) is 0 Å². The number of nitrogens with zero attached hydrogens (tertiary/aromatic N) is 1. The number of nitrogens with one attached hydrogen (secondary N) is 1. The molecule has 126 valence electrons. The standard InChI is InChI=1S/C20H24N2O2/c23-22(24)20-13-10-17-8-11-19(12-9-18(17)15-20)21-14-4-7-16-5-2-1-3-6-16/h1-3,5-6,10,13,15,19,21H,4,7-9,11-12,14H2. The first-order valence-corrected chi connectivity index (χ1v) is 8.76. The van der Waals surface area contributed by atoms with Crippen molar-refractivity contribution in [3.8, 4) is 0 Å². The molecule has 0 radical (unpaired) electrons. The van der Waals surface area contributed by atoms with Gasteiger partial charge in [0.2, 0.25) is 0 Å². The topological polar surface area (TPSA) is 55.2 Å². The van der Waals surface area contributed by atoms with Gasteiger partial charge in [-0.2, -0.15) is 0 Å². The fourth-order valence-corrected chi connectivity index (χ4v) is 3.45. The lowest BCUT2D eigenvalue weighted by molar-refractivity contribution is -0.384. The normalized spacial score (nSPS) is 17.1. The minimum Gasteiger partial charge on any atom is -0.314 e. The molecule has 0 saturated carbocycles. The first kappa shape index (κ1) is 16.7. The van der Waals surface area contributed by atoms with E-state index in [0.717, 1.165) is 50.6 Å². The average molecular weight is 324 g/mol. The molecule has 1 N–H and O–H groups in total. The quantitative estimate of drug-likeness (QED) is 0.377. The van der Waals surface area contributed by atoms with E-state index in [0.29, 0.717) is 6.04 Å². The van der Waals surface area contributed by atoms with Crippen molar-refractivity contribution < 1.29 is 4.92 Å². The maximum absolute atomic E-state index is 10.9. The highest BCUT2D eigenvalue weighted by Gasteiger charge is 2.18. The molecule has 0 fully saturated rings. The number of rotatable bonds is 6. The summed E-state index contributed by atoms with van der Waals surface area (Å²) in [7, 11) is 0. The first-order chi connectivity index (χ1) is 11.7. The molecule has 0 amide bonds. The minimum atomic E-state index is -0.301. The molecule has 0 aromatic heterocycles. The summed E-state index contributed by atoms with van der Waals surface area (Å²) in [5.74, 6) is 0. The summed E-state index contributed by atoms with van der Waals surface area (Å²) in [6.45, 7) is 1.02. The van der Waals surface area contributed by atoms with Gasteiger partial charge in [-0.3, -0.25) is 10.1 Å². The maximum Gasteiger partial charge on any atom is 0.269 e. The van der Waals surface area contributed by atoms with E-state index in [1.54, 1.807) is 12.1 Å². The Morgan fingerprint density at radius 2 is 1.79 bits per heavy atom. The summed E-state index contributed by atoms with van der Waals surface area (Å²) in [5, 5.41) is 14.6. The Kier molecular flexibility index (Phi) is 5.59. The van der Waals surface area contributed by atoms with Crippen LogP contribution in [-0.2, 0) is 19.3 Å². The van der Waals surface area contributed by atoms with Crippen LogP contribution in [0.15, 0.2) is 48.5 Å². The second-order valence-electron chi connectivity index (χ2n) is 6.53. The van der Waals surface area contributed by atoms with Gasteiger partial charge in [-0.15, -0.1) is 0 Å². The summed E-state index contributed by atoms with van der Waals surface area (Å²) >= 11 is 0. The third kappa shape index (κ3) is 4.42. The second kappa shape index (κ2) is 8.06. The van der Waals surface area contributed by atoms with Crippen molar-refractivity contribution in [2.45, 2.75) is 44.6 Å². The molecule has 1 unspecified atom stereocenters. The lowest BCUT2D eigenvalue weighted by atomic mass is 10.0. The zero-order valence-electron chi connectivity index (χ0n) is 13.9. The van der Waals surface area contributed by atoms with Crippen LogP contribution in [0.3, 0.4) is 0 Å². The molecular formula is C20H24N2O2. The van der Waals surface area contributed by atoms with Crippen molar-refractivity contribution in [1.29, 1.82) is 0 Å². The lowest BCUT2D eigenvalue weighted by Crippen LogP contribution is -2.30. The number of hydrogen-bond donors (Lipinski definition) is 1. The number of nitro groups is 1. The van der Waals surface area contributed by atoms with Crippen molar-refractivity contribution in [3.63, 3.8) is 0 Å². The highest BCUT2D eigenvalue weighted by molar-refractivity contribution is 5.40. The first-order valence-electron chi connectivity index (χ1n) is 8.76. The number of non-ortho nitro benzene ring substituents is 1. The van der Waals surface area contributed by atoms with E-state index in [-0.39, 0.29) is 10.6 Å². The third-order valence-corrected chi connectivity index (χ3v) is 4.84. The fourth-order valence-electron chi connectivity index (χ4n) is 3.45. The Labute approximate surface area is 143 Å². The van der Waals surface area contributed by atoms with E-state index in [4.69, 9.17) is 0 Å². The van der Waals surface area contributed by atoms with Crippen molar-refractivity contribution in [3.05, 3.63) is 75.3 Å². The molecule has 0 saturated heterocycles. The number of fused-ring (bicyclic) bond motifs is 1. The van der Waals surface area contributed by atoms with Crippen molar-refractivity contribution in [1.82, 2.24) is 5.32 Å². The van der Waals surface area contributed by atoms with Gasteiger partial charge in [0.25, 0.3) is 5.69 Å². The Hall–Kier alpha value is -2.20. The molecule has 0 aliphatic heterocycles. The van der Waals surface area contributed by atoms with Crippen molar-refractivity contribution >= 4 is 5.69 Å². The van der Waals surface area contributed by atoms with E-state index >= 15 is 0 Å². The Balaban J connectivity index is 1.47. The van der Waals surface area contributed by atoms with Crippen LogP contribution in [0.5, 0.6) is 0 Å². The van der Waals surface area contributed by atoms with Gasteiger partial charge >= 0.3 is 0 Å². The van der Waals surface area contributed by atoms with E-state index in [2.05, 4.69) is 35.6 Å². The Morgan fingerprint density at radius 1 is 1.04 bits per heavy atom. The van der Waals surface area contributed by atoms with Crippen LogP contribution in [0.25, 0.3) is 0 Å². The summed E-state index contributed by atoms with van der Waals surface area (Å²) in [4.78, 5) is 10.6. The Bertz CT molecular complexity index is 685. The van der Waals surface area contributed by atoms with Crippen LogP contribution < -0.4 is 5.32 Å². The van der Waals surface area contributed by atoms with Crippen LogP contribution in [0.4, 0.5) is 5.69 Å². The number of hydrogen-bond acceptors (Lipinski definition) is 3. The van der Waals surface area contributed by atoms with Gasteiger partial charge in [-0.05, 0) is 61.8 Å². The lowest BCUT2D eigenvalue weighted by Gasteiger charge is -2.16. The molecule has 24 heavy (non-hydrogen) atoms. The molecule has 1 aliphatic carbocycles. The van der Waals surface area contributed by atoms with E-state index < -0.39 is 0 Å². The van der Waals surface area contributed by atoms with Gasteiger partial charge < -0.3 is 5.32 Å². The summed E-state index contributed by atoms with van der Waals surface area (Å²) in [5.41, 5.74) is 4.02. The highest BCUT2D eigenvalue weighted by atomic mass is 16.6. The fraction of sp³-hybridized carbons (Fsp3) is 0.400. The van der Waals surface area contributed by atoms with E-state index in [1.807, 2.05) is 6.07 Å². The van der Waals surface area contributed by atoms with Crippen LogP contribution in [-0.4, -0.2) is 17.5 Å². The molecule has 3 rings (SSSR count). The molecule has 1 aliphatic rings. The monoisotopic (exact) mass is 324 g/mol. The van der Waals surface area contributed by atoms with Crippen LogP contribution >= 0.6 is 0 Å². The smallest absolute Gasteiger partial charge is 0.269 e. The largest absolute Gasteiger partial charge is 0.314 e. The highest BCUT2D eigenvalue weighted by Crippen LogP contribution is 2.25. The Morgan fingerprint density at radius 3 is 2.54 bits per heavy atom. The number of aryl methyl sites for hydroxylation is 3. The molecule has 0 bridgehead atoms. The number of benzene rings is 2. The maximum atomic E-state index is 10.9. The second-order valence-corrected chi connectivity index (χ2v) is 6.53. The van der Waals surface area contributed by atoms with Crippen molar-refractivity contribution in [2.75, 3.05) is 6.54 Å². The van der Waals surface area contributed by atoms with E-state index in [9.17, 15) is 10.1 Å². The molecular weight excluding hydrogens is 300 g/mol. The zero-order chi connectivity index (χ0) is 16.8. The molecule has 4 heteroatoms. The van der Waals surface area contributed by atoms with Crippen molar-refractivity contribution in [2.24, 2.45) is 0 Å². The predicted molar refractivity (Wildman–Crippen MR) is 96.3 cm³/mol. The predicted octanol–water partition coefficient (Wildman–Crippen LogP) is 4.06. The van der Waals surface area contributed by atoms with Gasteiger partial charge in [0.15, 0.2) is 0 Å². The summed E-state index contributed by atoms with van der Waals surface area (Å²) < 4.78 is 0. The summed E-state index contributed by atoms with van der Waals surface area (Å²) in [6, 6.07) is 16.4. The van der Waals surface area contributed by atoms with Crippen LogP contribution in [0, 0.1) is 10.1 Å². The molecule has 1 atom stereocenters. The minimum absolute atomic E-state index is 0.211. The average Bonchev–Trinajstić information content (AvgIpc) is 2.81. The van der Waals surface area contributed by atoms with E-state index in [1.165, 1.54) is 11.1 Å².